The van der Waals surface area contributed by atoms with Crippen LogP contribution in [0.5, 0.6) is 0 Å². The maximum atomic E-state index is 13.4. The minimum Gasteiger partial charge on any atom is -0.364 e. The number of benzene rings is 1. The van der Waals surface area contributed by atoms with Crippen molar-refractivity contribution in [3.05, 3.63) is 70.6 Å². The molecule has 0 aliphatic carbocycles. The molecule has 2 aromatic rings. The highest BCUT2D eigenvalue weighted by Gasteiger charge is 2.42. The van der Waals surface area contributed by atoms with Crippen LogP contribution in [0.15, 0.2) is 54.5 Å². The lowest BCUT2D eigenvalue weighted by molar-refractivity contribution is -0.138. The average molecular weight is 411 g/mol. The first-order chi connectivity index (χ1) is 14.1. The Morgan fingerprint density at radius 3 is 2.34 bits per heavy atom. The summed E-state index contributed by atoms with van der Waals surface area (Å²) < 4.78 is 0. The molecule has 2 aliphatic rings. The van der Waals surface area contributed by atoms with Gasteiger partial charge in [0.25, 0.3) is 11.8 Å². The molecule has 0 atom stereocenters. The third-order valence-corrected chi connectivity index (χ3v) is 5.73. The largest absolute Gasteiger partial charge is 0.364 e. The standard InChI is InChI=1S/C22H23ClN4O2/c1-2-25-10-12-26(13-11-25)20-19(17-5-7-18(23)8-6-17)21(28)27(22(20)29)15-16-4-3-9-24-14-16/h3-9,14H,2,10-13,15H2,1H3. The minimum atomic E-state index is -0.269. The Balaban J connectivity index is 1.70. The minimum absolute atomic E-state index is 0.209. The number of amides is 2. The highest BCUT2D eigenvalue weighted by Crippen LogP contribution is 2.33. The summed E-state index contributed by atoms with van der Waals surface area (Å²) in [4.78, 5) is 36.5. The van der Waals surface area contributed by atoms with Gasteiger partial charge in [0, 0.05) is 43.6 Å². The zero-order chi connectivity index (χ0) is 20.4. The van der Waals surface area contributed by atoms with E-state index in [4.69, 9.17) is 11.6 Å². The Kier molecular flexibility index (Phi) is 5.65. The van der Waals surface area contributed by atoms with Crippen LogP contribution in [0, 0.1) is 0 Å². The van der Waals surface area contributed by atoms with Crippen LogP contribution in [0.3, 0.4) is 0 Å². The lowest BCUT2D eigenvalue weighted by atomic mass is 10.0. The van der Waals surface area contributed by atoms with E-state index in [-0.39, 0.29) is 18.4 Å². The fraction of sp³-hybridized carbons (Fsp3) is 0.318. The lowest BCUT2D eigenvalue weighted by Gasteiger charge is -2.36. The predicted molar refractivity (Wildman–Crippen MR) is 112 cm³/mol. The number of hydrogen-bond acceptors (Lipinski definition) is 5. The molecule has 3 heterocycles. The molecule has 0 radical (unpaired) electrons. The van der Waals surface area contributed by atoms with Crippen LogP contribution in [-0.2, 0) is 16.1 Å². The SMILES string of the molecule is CCN1CCN(C2=C(c3ccc(Cl)cc3)C(=O)N(Cc3cccnc3)C2=O)CC1. The predicted octanol–water partition coefficient (Wildman–Crippen LogP) is 2.65. The van der Waals surface area contributed by atoms with Gasteiger partial charge in [-0.05, 0) is 35.9 Å². The van der Waals surface area contributed by atoms with E-state index in [0.717, 1.165) is 38.3 Å². The van der Waals surface area contributed by atoms with Crippen molar-refractivity contribution in [2.24, 2.45) is 0 Å². The molecule has 150 valence electrons. The number of imide groups is 1. The molecular weight excluding hydrogens is 388 g/mol. The summed E-state index contributed by atoms with van der Waals surface area (Å²) in [6.45, 7) is 6.52. The number of hydrogen-bond donors (Lipinski definition) is 0. The van der Waals surface area contributed by atoms with E-state index in [1.54, 1.807) is 42.7 Å². The van der Waals surface area contributed by atoms with Gasteiger partial charge in [-0.1, -0.05) is 36.7 Å². The summed E-state index contributed by atoms with van der Waals surface area (Å²) >= 11 is 6.04. The molecule has 1 fully saturated rings. The van der Waals surface area contributed by atoms with Gasteiger partial charge in [-0.3, -0.25) is 19.5 Å². The van der Waals surface area contributed by atoms with Crippen molar-refractivity contribution in [2.45, 2.75) is 13.5 Å². The first-order valence-electron chi connectivity index (χ1n) is 9.81. The molecule has 1 aromatic carbocycles. The van der Waals surface area contributed by atoms with E-state index >= 15 is 0 Å². The van der Waals surface area contributed by atoms with Crippen LogP contribution < -0.4 is 0 Å². The van der Waals surface area contributed by atoms with Crippen molar-refractivity contribution in [1.29, 1.82) is 0 Å². The second-order valence-electron chi connectivity index (χ2n) is 7.21. The summed E-state index contributed by atoms with van der Waals surface area (Å²) in [6.07, 6.45) is 3.35. The van der Waals surface area contributed by atoms with Gasteiger partial charge in [-0.25, -0.2) is 0 Å². The maximum absolute atomic E-state index is 13.4. The molecular formula is C22H23ClN4O2. The zero-order valence-corrected chi connectivity index (χ0v) is 17.1. The second-order valence-corrected chi connectivity index (χ2v) is 7.65. The van der Waals surface area contributed by atoms with Crippen LogP contribution in [-0.4, -0.2) is 64.2 Å². The zero-order valence-electron chi connectivity index (χ0n) is 16.3. The van der Waals surface area contributed by atoms with Crippen molar-refractivity contribution in [2.75, 3.05) is 32.7 Å². The third-order valence-electron chi connectivity index (χ3n) is 5.48. The Hall–Kier alpha value is -2.70. The fourth-order valence-corrected chi connectivity index (χ4v) is 3.96. The quantitative estimate of drug-likeness (QED) is 0.709. The number of nitrogens with zero attached hydrogens (tertiary/aromatic N) is 4. The normalized spacial score (nSPS) is 18.1. The van der Waals surface area contributed by atoms with E-state index < -0.39 is 0 Å². The summed E-state index contributed by atoms with van der Waals surface area (Å²) in [7, 11) is 0. The van der Waals surface area contributed by atoms with Gasteiger partial charge in [0.2, 0.25) is 0 Å². The highest BCUT2D eigenvalue weighted by atomic mass is 35.5. The van der Waals surface area contributed by atoms with Crippen molar-refractivity contribution in [1.82, 2.24) is 19.7 Å². The monoisotopic (exact) mass is 410 g/mol. The average Bonchev–Trinajstić information content (AvgIpc) is 3.00. The number of halogens is 1. The number of piperazine rings is 1. The molecule has 2 aliphatic heterocycles. The van der Waals surface area contributed by atoms with E-state index in [1.807, 2.05) is 6.07 Å². The smallest absolute Gasteiger partial charge is 0.278 e. The van der Waals surface area contributed by atoms with Crippen LogP contribution in [0.2, 0.25) is 5.02 Å². The third kappa shape index (κ3) is 3.91. The first-order valence-corrected chi connectivity index (χ1v) is 10.2. The Bertz CT molecular complexity index is 935. The summed E-state index contributed by atoms with van der Waals surface area (Å²) in [5, 5.41) is 0.594. The van der Waals surface area contributed by atoms with Gasteiger partial charge in [0.05, 0.1) is 12.1 Å². The summed E-state index contributed by atoms with van der Waals surface area (Å²) in [5.74, 6) is -0.511. The van der Waals surface area contributed by atoms with Crippen molar-refractivity contribution < 1.29 is 9.59 Å². The van der Waals surface area contributed by atoms with E-state index in [1.165, 1.54) is 4.90 Å². The van der Waals surface area contributed by atoms with Crippen LogP contribution in [0.4, 0.5) is 0 Å². The maximum Gasteiger partial charge on any atom is 0.278 e. The Labute approximate surface area is 175 Å². The molecule has 0 N–H and O–H groups in total. The van der Waals surface area contributed by atoms with Crippen molar-refractivity contribution in [3.63, 3.8) is 0 Å². The molecule has 7 heteroatoms. The number of aromatic nitrogens is 1. The van der Waals surface area contributed by atoms with Crippen LogP contribution in [0.25, 0.3) is 5.57 Å². The van der Waals surface area contributed by atoms with Gasteiger partial charge >= 0.3 is 0 Å². The molecule has 0 spiro atoms. The fourth-order valence-electron chi connectivity index (χ4n) is 3.84. The van der Waals surface area contributed by atoms with E-state index in [0.29, 0.717) is 21.9 Å². The molecule has 6 nitrogen and oxygen atoms in total. The molecule has 4 rings (SSSR count). The summed E-state index contributed by atoms with van der Waals surface area (Å²) in [6, 6.07) is 10.8. The summed E-state index contributed by atoms with van der Waals surface area (Å²) in [5.41, 5.74) is 2.49. The molecule has 1 saturated heterocycles. The van der Waals surface area contributed by atoms with E-state index in [2.05, 4.69) is 21.7 Å². The van der Waals surface area contributed by atoms with Gasteiger partial charge in [-0.15, -0.1) is 0 Å². The first kappa shape index (κ1) is 19.6. The lowest BCUT2D eigenvalue weighted by Crippen LogP contribution is -2.47. The van der Waals surface area contributed by atoms with Crippen molar-refractivity contribution in [3.8, 4) is 0 Å². The Morgan fingerprint density at radius 2 is 1.72 bits per heavy atom. The molecule has 1 aromatic heterocycles. The van der Waals surface area contributed by atoms with Gasteiger partial charge < -0.3 is 9.80 Å². The van der Waals surface area contributed by atoms with Crippen LogP contribution in [0.1, 0.15) is 18.1 Å². The van der Waals surface area contributed by atoms with Crippen LogP contribution >= 0.6 is 11.6 Å². The highest BCUT2D eigenvalue weighted by molar-refractivity contribution is 6.35. The van der Waals surface area contributed by atoms with Gasteiger partial charge in [0.1, 0.15) is 5.70 Å². The second kappa shape index (κ2) is 8.35. The number of pyridine rings is 1. The van der Waals surface area contributed by atoms with Gasteiger partial charge in [-0.2, -0.15) is 0 Å². The number of rotatable bonds is 5. The molecule has 0 bridgehead atoms. The number of likely N-dealkylation sites (N-methyl/N-ethyl adjacent to an activating group) is 1. The number of carbonyl (C=O) groups excluding carboxylic acids is 2. The van der Waals surface area contributed by atoms with Crippen molar-refractivity contribution >= 4 is 29.0 Å². The molecule has 0 saturated carbocycles. The Morgan fingerprint density at radius 1 is 1.00 bits per heavy atom. The molecule has 2 amide bonds. The van der Waals surface area contributed by atoms with E-state index in [9.17, 15) is 9.59 Å². The number of carbonyl (C=O) groups is 2. The molecule has 29 heavy (non-hydrogen) atoms. The molecule has 0 unspecified atom stereocenters. The topological polar surface area (TPSA) is 56.8 Å². The van der Waals surface area contributed by atoms with Gasteiger partial charge in [0.15, 0.2) is 0 Å².